The normalized spacial score (nSPS) is 11.4. The van der Waals surface area contributed by atoms with Gasteiger partial charge < -0.3 is 10.1 Å². The summed E-state index contributed by atoms with van der Waals surface area (Å²) >= 11 is 0. The minimum absolute atomic E-state index is 0.428. The Labute approximate surface area is 98.9 Å². The Morgan fingerprint density at radius 1 is 1.25 bits per heavy atom. The van der Waals surface area contributed by atoms with Gasteiger partial charge in [-0.25, -0.2) is 4.79 Å². The van der Waals surface area contributed by atoms with Crippen LogP contribution in [0.2, 0.25) is 0 Å². The van der Waals surface area contributed by atoms with Crippen LogP contribution in [0.3, 0.4) is 0 Å². The molecule has 0 unspecified atom stereocenters. The maximum atomic E-state index is 11.5. The molecule has 16 heavy (non-hydrogen) atoms. The fourth-order valence-electron chi connectivity index (χ4n) is 0.998. The van der Waals surface area contributed by atoms with Crippen LogP contribution in [0.25, 0.3) is 0 Å². The molecular weight excluding hydrogens is 202 g/mol. The molecule has 1 amide bonds. The van der Waals surface area contributed by atoms with Crippen LogP contribution in [-0.4, -0.2) is 17.2 Å². The van der Waals surface area contributed by atoms with E-state index in [9.17, 15) is 4.79 Å². The van der Waals surface area contributed by atoms with Crippen molar-refractivity contribution in [1.29, 1.82) is 0 Å². The molecule has 0 rings (SSSR count). The van der Waals surface area contributed by atoms with E-state index in [1.807, 2.05) is 34.6 Å². The second kappa shape index (κ2) is 5.79. The van der Waals surface area contributed by atoms with Gasteiger partial charge in [-0.1, -0.05) is 12.8 Å². The Morgan fingerprint density at radius 2 is 1.81 bits per heavy atom. The topological polar surface area (TPSA) is 38.3 Å². The molecule has 0 heterocycles. The van der Waals surface area contributed by atoms with E-state index in [1.54, 1.807) is 0 Å². The number of carbonyl (C=O) groups excluding carboxylic acids is 1. The van der Waals surface area contributed by atoms with Crippen molar-refractivity contribution in [2.24, 2.45) is 0 Å². The molecule has 3 heteroatoms. The summed E-state index contributed by atoms with van der Waals surface area (Å²) in [5.74, 6) is 6.04. The molecule has 0 aromatic heterocycles. The third kappa shape index (κ3) is 8.16. The van der Waals surface area contributed by atoms with E-state index in [1.165, 1.54) is 0 Å². The number of rotatable bonds is 2. The van der Waals surface area contributed by atoms with Gasteiger partial charge in [0.05, 0.1) is 5.54 Å². The Balaban J connectivity index is 4.27. The van der Waals surface area contributed by atoms with E-state index in [0.717, 1.165) is 12.8 Å². The quantitative estimate of drug-likeness (QED) is 0.733. The van der Waals surface area contributed by atoms with Gasteiger partial charge in [-0.3, -0.25) is 0 Å². The predicted octanol–water partition coefficient (Wildman–Crippen LogP) is 3.09. The Bertz CT molecular complexity index is 289. The van der Waals surface area contributed by atoms with E-state index < -0.39 is 17.2 Å². The first-order valence-corrected chi connectivity index (χ1v) is 5.67. The molecule has 0 aliphatic rings. The highest BCUT2D eigenvalue weighted by Crippen LogP contribution is 2.08. The highest BCUT2D eigenvalue weighted by atomic mass is 16.6. The van der Waals surface area contributed by atoms with Crippen molar-refractivity contribution in [2.45, 2.75) is 65.5 Å². The van der Waals surface area contributed by atoms with Crippen LogP contribution in [0.15, 0.2) is 0 Å². The fourth-order valence-corrected chi connectivity index (χ4v) is 0.998. The summed E-state index contributed by atoms with van der Waals surface area (Å²) in [7, 11) is 0. The largest absolute Gasteiger partial charge is 0.444 e. The van der Waals surface area contributed by atoms with E-state index in [2.05, 4.69) is 24.1 Å². The molecule has 0 aliphatic heterocycles. The Hall–Kier alpha value is -1.17. The van der Waals surface area contributed by atoms with Gasteiger partial charge in [0.15, 0.2) is 0 Å². The lowest BCUT2D eigenvalue weighted by Crippen LogP contribution is -2.44. The van der Waals surface area contributed by atoms with Gasteiger partial charge >= 0.3 is 6.09 Å². The zero-order chi connectivity index (χ0) is 12.8. The van der Waals surface area contributed by atoms with Gasteiger partial charge in [0.1, 0.15) is 5.60 Å². The van der Waals surface area contributed by atoms with Crippen LogP contribution in [-0.2, 0) is 4.74 Å². The molecule has 0 bridgehead atoms. The SMILES string of the molecule is CCCC#CC(C)(C)NC(=O)OC(C)(C)C. The lowest BCUT2D eigenvalue weighted by molar-refractivity contribution is 0.0494. The predicted molar refractivity (Wildman–Crippen MR) is 66.1 cm³/mol. The second-order valence-corrected chi connectivity index (χ2v) is 5.30. The highest BCUT2D eigenvalue weighted by Gasteiger charge is 2.22. The summed E-state index contributed by atoms with van der Waals surface area (Å²) in [6.45, 7) is 11.3. The third-order valence-electron chi connectivity index (χ3n) is 1.59. The molecule has 0 fully saturated rings. The average Bonchev–Trinajstić information content (AvgIpc) is 1.98. The van der Waals surface area contributed by atoms with E-state index in [4.69, 9.17) is 4.74 Å². The maximum absolute atomic E-state index is 11.5. The van der Waals surface area contributed by atoms with Gasteiger partial charge in [-0.05, 0) is 41.0 Å². The standard InChI is InChI=1S/C13H23NO2/c1-7-8-9-10-13(5,6)14-11(15)16-12(2,3)4/h7-8H2,1-6H3,(H,14,15). The molecule has 0 saturated carbocycles. The summed E-state index contributed by atoms with van der Waals surface area (Å²) in [5.41, 5.74) is -1.02. The van der Waals surface area contributed by atoms with Crippen molar-refractivity contribution in [2.75, 3.05) is 0 Å². The van der Waals surface area contributed by atoms with Gasteiger partial charge in [0, 0.05) is 6.42 Å². The molecule has 0 aromatic carbocycles. The Kier molecular flexibility index (Phi) is 5.37. The van der Waals surface area contributed by atoms with Crippen molar-refractivity contribution < 1.29 is 9.53 Å². The van der Waals surface area contributed by atoms with E-state index in [-0.39, 0.29) is 0 Å². The van der Waals surface area contributed by atoms with Crippen LogP contribution in [0.5, 0.6) is 0 Å². The minimum atomic E-state index is -0.544. The van der Waals surface area contributed by atoms with Gasteiger partial charge in [-0.15, -0.1) is 5.92 Å². The van der Waals surface area contributed by atoms with Crippen molar-refractivity contribution in [3.63, 3.8) is 0 Å². The lowest BCUT2D eigenvalue weighted by atomic mass is 10.1. The van der Waals surface area contributed by atoms with Gasteiger partial charge in [-0.2, -0.15) is 0 Å². The smallest absolute Gasteiger partial charge is 0.408 e. The summed E-state index contributed by atoms with van der Waals surface area (Å²) in [6.07, 6.45) is 1.44. The van der Waals surface area contributed by atoms with Crippen molar-refractivity contribution in [1.82, 2.24) is 5.32 Å². The first-order valence-electron chi connectivity index (χ1n) is 5.67. The fraction of sp³-hybridized carbons (Fsp3) is 0.769. The molecule has 92 valence electrons. The molecule has 3 nitrogen and oxygen atoms in total. The molecular formula is C13H23NO2. The monoisotopic (exact) mass is 225 g/mol. The van der Waals surface area contributed by atoms with Crippen LogP contribution in [0, 0.1) is 11.8 Å². The molecule has 0 spiro atoms. The van der Waals surface area contributed by atoms with E-state index >= 15 is 0 Å². The molecule has 0 aliphatic carbocycles. The first-order chi connectivity index (χ1) is 7.16. The van der Waals surface area contributed by atoms with Gasteiger partial charge in [0.25, 0.3) is 0 Å². The second-order valence-electron chi connectivity index (χ2n) is 5.30. The summed E-state index contributed by atoms with van der Waals surface area (Å²) in [6, 6.07) is 0. The molecule has 0 saturated heterocycles. The van der Waals surface area contributed by atoms with Crippen LogP contribution in [0.1, 0.15) is 54.4 Å². The maximum Gasteiger partial charge on any atom is 0.408 e. The first kappa shape index (κ1) is 14.8. The van der Waals surface area contributed by atoms with Crippen molar-refractivity contribution >= 4 is 6.09 Å². The number of amides is 1. The lowest BCUT2D eigenvalue weighted by Gasteiger charge is -2.24. The summed E-state index contributed by atoms with van der Waals surface area (Å²) in [5, 5.41) is 2.74. The zero-order valence-electron chi connectivity index (χ0n) is 11.2. The zero-order valence-corrected chi connectivity index (χ0v) is 11.2. The minimum Gasteiger partial charge on any atom is -0.444 e. The molecule has 0 radical (unpaired) electrons. The van der Waals surface area contributed by atoms with Crippen molar-refractivity contribution in [3.05, 3.63) is 0 Å². The van der Waals surface area contributed by atoms with E-state index in [0.29, 0.717) is 0 Å². The molecule has 1 N–H and O–H groups in total. The van der Waals surface area contributed by atoms with Crippen LogP contribution < -0.4 is 5.32 Å². The van der Waals surface area contributed by atoms with Crippen LogP contribution in [0.4, 0.5) is 4.79 Å². The number of ether oxygens (including phenoxy) is 1. The number of alkyl carbamates (subject to hydrolysis) is 1. The van der Waals surface area contributed by atoms with Gasteiger partial charge in [0.2, 0.25) is 0 Å². The Morgan fingerprint density at radius 3 is 2.25 bits per heavy atom. The number of hydrogen-bond donors (Lipinski definition) is 1. The number of nitrogens with one attached hydrogen (secondary N) is 1. The number of hydrogen-bond acceptors (Lipinski definition) is 2. The number of unbranched alkanes of at least 4 members (excludes halogenated alkanes) is 1. The number of carbonyl (C=O) groups is 1. The van der Waals surface area contributed by atoms with Crippen molar-refractivity contribution in [3.8, 4) is 11.8 Å². The highest BCUT2D eigenvalue weighted by molar-refractivity contribution is 5.69. The molecule has 0 atom stereocenters. The summed E-state index contributed by atoms with van der Waals surface area (Å²) in [4.78, 5) is 11.5. The third-order valence-corrected chi connectivity index (χ3v) is 1.59. The average molecular weight is 225 g/mol. The molecule has 0 aromatic rings. The van der Waals surface area contributed by atoms with Crippen LogP contribution >= 0.6 is 0 Å². The summed E-state index contributed by atoms with van der Waals surface area (Å²) < 4.78 is 5.16.